The molecule has 0 bridgehead atoms. The van der Waals surface area contributed by atoms with Gasteiger partial charge in [0.15, 0.2) is 0 Å². The Balaban J connectivity index is 1.95. The van der Waals surface area contributed by atoms with Gasteiger partial charge in [-0.1, -0.05) is 6.07 Å². The van der Waals surface area contributed by atoms with Crippen LogP contribution in [0.3, 0.4) is 0 Å². The molecule has 126 valence electrons. The highest BCUT2D eigenvalue weighted by Crippen LogP contribution is 2.09. The first-order valence-corrected chi connectivity index (χ1v) is 8.02. The molecule has 0 saturated heterocycles. The number of carbonyl (C=O) groups is 3. The molecule has 2 rings (SSSR count). The average molecular weight is 347 g/mol. The number of rotatable bonds is 6. The summed E-state index contributed by atoms with van der Waals surface area (Å²) < 4.78 is 0. The number of likely N-dealkylation sites (N-methyl/N-ethyl adjacent to an activating group) is 1. The standard InChI is InChI=1S/C16H17N3O4S/c1-10-12(16(22)23)5-6-13(18-10)15(21)19(2)9-14(20)17-8-11-4-3-7-24-11/h3-7H,8-9H2,1-2H3,(H,17,20)(H,22,23). The van der Waals surface area contributed by atoms with Crippen LogP contribution >= 0.6 is 11.3 Å². The van der Waals surface area contributed by atoms with Gasteiger partial charge in [0, 0.05) is 11.9 Å². The number of carbonyl (C=O) groups excluding carboxylic acids is 2. The fourth-order valence-electron chi connectivity index (χ4n) is 2.04. The molecule has 0 aromatic carbocycles. The number of carboxylic acids is 1. The molecule has 2 N–H and O–H groups in total. The highest BCUT2D eigenvalue weighted by Gasteiger charge is 2.18. The minimum Gasteiger partial charge on any atom is -0.478 e. The van der Waals surface area contributed by atoms with Crippen LogP contribution in [0.1, 0.15) is 31.4 Å². The Bertz CT molecular complexity index is 759. The number of nitrogens with zero attached hydrogens (tertiary/aromatic N) is 2. The lowest BCUT2D eigenvalue weighted by atomic mass is 10.2. The fraction of sp³-hybridized carbons (Fsp3) is 0.250. The van der Waals surface area contributed by atoms with Crippen LogP contribution < -0.4 is 5.32 Å². The zero-order chi connectivity index (χ0) is 17.7. The molecule has 0 radical (unpaired) electrons. The summed E-state index contributed by atoms with van der Waals surface area (Å²) in [6.45, 7) is 1.84. The third kappa shape index (κ3) is 4.39. The predicted octanol–water partition coefficient (Wildman–Crippen LogP) is 1.54. The highest BCUT2D eigenvalue weighted by molar-refractivity contribution is 7.09. The zero-order valence-corrected chi connectivity index (χ0v) is 14.1. The Morgan fingerprint density at radius 3 is 2.62 bits per heavy atom. The minimum absolute atomic E-state index is 0.0443. The molecule has 0 aliphatic heterocycles. The van der Waals surface area contributed by atoms with Gasteiger partial charge in [-0.3, -0.25) is 9.59 Å². The fourth-order valence-corrected chi connectivity index (χ4v) is 2.69. The number of nitrogens with one attached hydrogen (secondary N) is 1. The van der Waals surface area contributed by atoms with Crippen LogP contribution in [-0.2, 0) is 11.3 Å². The number of hydrogen-bond donors (Lipinski definition) is 2. The summed E-state index contributed by atoms with van der Waals surface area (Å²) in [5.41, 5.74) is 0.401. The van der Waals surface area contributed by atoms with E-state index < -0.39 is 11.9 Å². The lowest BCUT2D eigenvalue weighted by Gasteiger charge is -2.16. The van der Waals surface area contributed by atoms with Gasteiger partial charge in [-0.2, -0.15) is 0 Å². The number of pyridine rings is 1. The van der Waals surface area contributed by atoms with E-state index in [9.17, 15) is 14.4 Å². The first-order chi connectivity index (χ1) is 11.4. The van der Waals surface area contributed by atoms with Gasteiger partial charge in [0.05, 0.1) is 24.3 Å². The van der Waals surface area contributed by atoms with Crippen molar-refractivity contribution in [3.63, 3.8) is 0 Å². The number of aryl methyl sites for hydroxylation is 1. The molecular formula is C16H17N3O4S. The summed E-state index contributed by atoms with van der Waals surface area (Å²) in [7, 11) is 1.50. The van der Waals surface area contributed by atoms with Crippen molar-refractivity contribution in [3.8, 4) is 0 Å². The quantitative estimate of drug-likeness (QED) is 0.826. The number of aromatic carboxylic acids is 1. The van der Waals surface area contributed by atoms with Crippen molar-refractivity contribution in [2.24, 2.45) is 0 Å². The van der Waals surface area contributed by atoms with E-state index in [4.69, 9.17) is 5.11 Å². The van der Waals surface area contributed by atoms with Gasteiger partial charge in [-0.15, -0.1) is 11.3 Å². The molecule has 0 unspecified atom stereocenters. The van der Waals surface area contributed by atoms with Crippen LogP contribution in [0.25, 0.3) is 0 Å². The van der Waals surface area contributed by atoms with Crippen molar-refractivity contribution in [2.45, 2.75) is 13.5 Å². The summed E-state index contributed by atoms with van der Waals surface area (Å²) in [4.78, 5) is 41.4. The molecule has 0 aliphatic carbocycles. The molecule has 0 aliphatic rings. The summed E-state index contributed by atoms with van der Waals surface area (Å²) in [5, 5.41) is 13.6. The monoisotopic (exact) mass is 347 g/mol. The van der Waals surface area contributed by atoms with Crippen LogP contribution in [0.2, 0.25) is 0 Å². The Kier molecular flexibility index (Phi) is 5.64. The molecule has 0 saturated carbocycles. The van der Waals surface area contributed by atoms with Gasteiger partial charge in [0.2, 0.25) is 5.91 Å². The molecule has 0 fully saturated rings. The van der Waals surface area contributed by atoms with Crippen LogP contribution in [0.5, 0.6) is 0 Å². The molecule has 24 heavy (non-hydrogen) atoms. The second-order valence-electron chi connectivity index (χ2n) is 5.15. The van der Waals surface area contributed by atoms with E-state index in [1.54, 1.807) is 0 Å². The lowest BCUT2D eigenvalue weighted by molar-refractivity contribution is -0.121. The summed E-state index contributed by atoms with van der Waals surface area (Å²) >= 11 is 1.54. The topological polar surface area (TPSA) is 99.6 Å². The van der Waals surface area contributed by atoms with Gasteiger partial charge < -0.3 is 15.3 Å². The number of amides is 2. The molecule has 2 amide bonds. The van der Waals surface area contributed by atoms with E-state index in [1.165, 1.54) is 42.3 Å². The van der Waals surface area contributed by atoms with Gasteiger partial charge >= 0.3 is 5.97 Å². The maximum absolute atomic E-state index is 12.3. The maximum Gasteiger partial charge on any atom is 0.337 e. The summed E-state index contributed by atoms with van der Waals surface area (Å²) in [6, 6.07) is 6.49. The minimum atomic E-state index is -1.10. The Morgan fingerprint density at radius 2 is 2.04 bits per heavy atom. The molecule has 2 aromatic rings. The summed E-state index contributed by atoms with van der Waals surface area (Å²) in [5.74, 6) is -1.82. The van der Waals surface area contributed by atoms with Crippen LogP contribution in [0.15, 0.2) is 29.6 Å². The van der Waals surface area contributed by atoms with E-state index >= 15 is 0 Å². The molecule has 7 nitrogen and oxygen atoms in total. The largest absolute Gasteiger partial charge is 0.478 e. The number of carboxylic acid groups (broad SMARTS) is 1. The van der Waals surface area contributed by atoms with Crippen LogP contribution in [-0.4, -0.2) is 46.4 Å². The second-order valence-corrected chi connectivity index (χ2v) is 6.18. The van der Waals surface area contributed by atoms with Crippen molar-refractivity contribution >= 4 is 29.1 Å². The molecular weight excluding hydrogens is 330 g/mol. The van der Waals surface area contributed by atoms with Gasteiger partial charge in [-0.05, 0) is 30.5 Å². The Morgan fingerprint density at radius 1 is 1.29 bits per heavy atom. The predicted molar refractivity (Wildman–Crippen MR) is 89.1 cm³/mol. The van der Waals surface area contributed by atoms with Crippen molar-refractivity contribution < 1.29 is 19.5 Å². The van der Waals surface area contributed by atoms with E-state index in [1.807, 2.05) is 17.5 Å². The number of hydrogen-bond acceptors (Lipinski definition) is 5. The Hall–Kier alpha value is -2.74. The Labute approximate surface area is 142 Å². The molecule has 0 spiro atoms. The van der Waals surface area contributed by atoms with Gasteiger partial charge in [-0.25, -0.2) is 9.78 Å². The number of thiophene rings is 1. The van der Waals surface area contributed by atoms with Gasteiger partial charge in [0.1, 0.15) is 5.69 Å². The van der Waals surface area contributed by atoms with Crippen molar-refractivity contribution in [3.05, 3.63) is 51.5 Å². The highest BCUT2D eigenvalue weighted by atomic mass is 32.1. The van der Waals surface area contributed by atoms with Gasteiger partial charge in [0.25, 0.3) is 5.91 Å². The van der Waals surface area contributed by atoms with E-state index in [-0.39, 0.29) is 29.4 Å². The molecule has 8 heteroatoms. The average Bonchev–Trinajstić information content (AvgIpc) is 3.05. The molecule has 2 heterocycles. The van der Waals surface area contributed by atoms with Crippen LogP contribution in [0.4, 0.5) is 0 Å². The smallest absolute Gasteiger partial charge is 0.337 e. The second kappa shape index (κ2) is 7.69. The SMILES string of the molecule is Cc1nc(C(=O)N(C)CC(=O)NCc2cccs2)ccc1C(=O)O. The van der Waals surface area contributed by atoms with E-state index in [0.29, 0.717) is 6.54 Å². The summed E-state index contributed by atoms with van der Waals surface area (Å²) in [6.07, 6.45) is 0. The lowest BCUT2D eigenvalue weighted by Crippen LogP contribution is -2.38. The first-order valence-electron chi connectivity index (χ1n) is 7.14. The molecule has 0 atom stereocenters. The third-order valence-corrected chi connectivity index (χ3v) is 4.18. The van der Waals surface area contributed by atoms with Crippen molar-refractivity contribution in [2.75, 3.05) is 13.6 Å². The normalized spacial score (nSPS) is 10.2. The third-order valence-electron chi connectivity index (χ3n) is 3.30. The first kappa shape index (κ1) is 17.6. The van der Waals surface area contributed by atoms with Crippen molar-refractivity contribution in [1.29, 1.82) is 0 Å². The molecule has 2 aromatic heterocycles. The maximum atomic E-state index is 12.3. The van der Waals surface area contributed by atoms with E-state index in [0.717, 1.165) is 4.88 Å². The zero-order valence-electron chi connectivity index (χ0n) is 13.3. The van der Waals surface area contributed by atoms with Crippen molar-refractivity contribution in [1.82, 2.24) is 15.2 Å². The number of aromatic nitrogens is 1. The van der Waals surface area contributed by atoms with E-state index in [2.05, 4.69) is 10.3 Å². The van der Waals surface area contributed by atoms with Crippen LogP contribution in [0, 0.1) is 6.92 Å².